The molecular formula is C18H20F3N5O3S. The molecule has 3 rings (SSSR count). The Hall–Kier alpha value is -2.73. The molecule has 1 aromatic heterocycles. The van der Waals surface area contributed by atoms with Crippen molar-refractivity contribution >= 4 is 21.9 Å². The normalized spacial score (nSPS) is 17.6. The zero-order valence-electron chi connectivity index (χ0n) is 15.8. The summed E-state index contributed by atoms with van der Waals surface area (Å²) >= 11 is 0. The van der Waals surface area contributed by atoms with Gasteiger partial charge in [-0.1, -0.05) is 6.07 Å². The number of rotatable bonds is 6. The number of carbonyl (C=O) groups is 1. The van der Waals surface area contributed by atoms with E-state index in [4.69, 9.17) is 0 Å². The minimum Gasteiger partial charge on any atom is -0.350 e. The van der Waals surface area contributed by atoms with Crippen LogP contribution in [0.5, 0.6) is 0 Å². The second kappa shape index (κ2) is 8.96. The molecule has 162 valence electrons. The summed E-state index contributed by atoms with van der Waals surface area (Å²) in [5.41, 5.74) is -1.08. The second-order valence-corrected chi connectivity index (χ2v) is 8.52. The number of carbonyl (C=O) groups excluding carboxylic acids is 1. The zero-order chi connectivity index (χ0) is 21.8. The Morgan fingerprint density at radius 1 is 1.20 bits per heavy atom. The predicted molar refractivity (Wildman–Crippen MR) is 102 cm³/mol. The van der Waals surface area contributed by atoms with Crippen LogP contribution in [0.3, 0.4) is 0 Å². The van der Waals surface area contributed by atoms with E-state index in [0.717, 1.165) is 31.2 Å². The number of nitrogens with one attached hydrogen (secondary N) is 2. The molecule has 2 aromatic rings. The van der Waals surface area contributed by atoms with Gasteiger partial charge in [0.2, 0.25) is 21.9 Å². The lowest BCUT2D eigenvalue weighted by atomic mass is 10.1. The zero-order valence-corrected chi connectivity index (χ0v) is 16.6. The van der Waals surface area contributed by atoms with Crippen LogP contribution in [-0.4, -0.2) is 50.0 Å². The van der Waals surface area contributed by atoms with Crippen LogP contribution in [0.1, 0.15) is 18.4 Å². The summed E-state index contributed by atoms with van der Waals surface area (Å²) in [6.07, 6.45) is 0.0625. The summed E-state index contributed by atoms with van der Waals surface area (Å²) in [5.74, 6) is -0.0342. The third-order valence-electron chi connectivity index (χ3n) is 4.52. The third kappa shape index (κ3) is 5.66. The monoisotopic (exact) mass is 443 g/mol. The molecule has 1 aliphatic rings. The molecule has 0 saturated carbocycles. The van der Waals surface area contributed by atoms with Gasteiger partial charge in [-0.3, -0.25) is 4.79 Å². The first kappa shape index (κ1) is 22.0. The number of hydrogen-bond donors (Lipinski definition) is 2. The molecule has 0 bridgehead atoms. The van der Waals surface area contributed by atoms with E-state index >= 15 is 0 Å². The molecule has 8 nitrogen and oxygen atoms in total. The van der Waals surface area contributed by atoms with E-state index in [0.29, 0.717) is 25.0 Å². The van der Waals surface area contributed by atoms with Crippen LogP contribution >= 0.6 is 0 Å². The number of piperidine rings is 1. The van der Waals surface area contributed by atoms with Gasteiger partial charge in [0.05, 0.1) is 17.0 Å². The third-order valence-corrected chi connectivity index (χ3v) is 5.91. The Bertz CT molecular complexity index is 986. The maximum atomic E-state index is 12.8. The average molecular weight is 443 g/mol. The van der Waals surface area contributed by atoms with Crippen molar-refractivity contribution < 1.29 is 26.4 Å². The molecule has 2 heterocycles. The summed E-state index contributed by atoms with van der Waals surface area (Å²) in [5, 5.41) is 2.74. The van der Waals surface area contributed by atoms with Crippen molar-refractivity contribution in [3.63, 3.8) is 0 Å². The van der Waals surface area contributed by atoms with E-state index < -0.39 is 39.1 Å². The molecule has 1 unspecified atom stereocenters. The smallest absolute Gasteiger partial charge is 0.350 e. The number of halogens is 3. The minimum atomic E-state index is -4.67. The molecule has 1 aliphatic heterocycles. The molecular weight excluding hydrogens is 423 g/mol. The van der Waals surface area contributed by atoms with Crippen LogP contribution in [0.15, 0.2) is 47.6 Å². The Kier molecular flexibility index (Phi) is 6.56. The molecule has 1 aromatic carbocycles. The Morgan fingerprint density at radius 2 is 1.93 bits per heavy atom. The highest BCUT2D eigenvalue weighted by molar-refractivity contribution is 7.89. The summed E-state index contributed by atoms with van der Waals surface area (Å²) in [4.78, 5) is 21.9. The molecule has 1 fully saturated rings. The highest BCUT2D eigenvalue weighted by atomic mass is 32.2. The van der Waals surface area contributed by atoms with E-state index in [-0.39, 0.29) is 6.04 Å². The van der Waals surface area contributed by atoms with Crippen molar-refractivity contribution in [3.05, 3.63) is 48.3 Å². The van der Waals surface area contributed by atoms with Gasteiger partial charge in [-0.25, -0.2) is 23.1 Å². The SMILES string of the molecule is O=C(CNS(=O)(=O)c1cccc(C(F)(F)F)c1)NC1CCCN(c2ncccn2)C1. The number of alkyl halides is 3. The van der Waals surface area contributed by atoms with E-state index in [9.17, 15) is 26.4 Å². The number of hydrogen-bond acceptors (Lipinski definition) is 6. The number of amides is 1. The second-order valence-electron chi connectivity index (χ2n) is 6.75. The Balaban J connectivity index is 1.56. The van der Waals surface area contributed by atoms with Crippen molar-refractivity contribution in [2.24, 2.45) is 0 Å². The van der Waals surface area contributed by atoms with Crippen LogP contribution in [0.2, 0.25) is 0 Å². The average Bonchev–Trinajstić information content (AvgIpc) is 2.73. The van der Waals surface area contributed by atoms with E-state index in [1.807, 2.05) is 9.62 Å². The first-order chi connectivity index (χ1) is 14.1. The summed E-state index contributed by atoms with van der Waals surface area (Å²) in [6, 6.07) is 4.81. The number of benzene rings is 1. The fourth-order valence-electron chi connectivity index (χ4n) is 3.09. The van der Waals surface area contributed by atoms with Gasteiger partial charge >= 0.3 is 6.18 Å². The lowest BCUT2D eigenvalue weighted by Gasteiger charge is -2.33. The van der Waals surface area contributed by atoms with Crippen LogP contribution in [0.4, 0.5) is 19.1 Å². The van der Waals surface area contributed by atoms with Crippen molar-refractivity contribution in [1.82, 2.24) is 20.0 Å². The maximum absolute atomic E-state index is 12.8. The summed E-state index contributed by atoms with van der Waals surface area (Å²) < 4.78 is 64.9. The van der Waals surface area contributed by atoms with Crippen molar-refractivity contribution in [2.45, 2.75) is 30.0 Å². The number of sulfonamides is 1. The summed E-state index contributed by atoms with van der Waals surface area (Å²) in [6.45, 7) is 0.617. The molecule has 1 atom stereocenters. The van der Waals surface area contributed by atoms with Gasteiger partial charge in [0.1, 0.15) is 0 Å². The van der Waals surface area contributed by atoms with Crippen molar-refractivity contribution in [3.8, 4) is 0 Å². The molecule has 1 amide bonds. The fraction of sp³-hybridized carbons (Fsp3) is 0.389. The van der Waals surface area contributed by atoms with Crippen LogP contribution in [0, 0.1) is 0 Å². The Morgan fingerprint density at radius 3 is 2.63 bits per heavy atom. The van der Waals surface area contributed by atoms with Crippen molar-refractivity contribution in [1.29, 1.82) is 0 Å². The van der Waals surface area contributed by atoms with E-state index in [2.05, 4.69) is 15.3 Å². The van der Waals surface area contributed by atoms with Gasteiger partial charge < -0.3 is 10.2 Å². The molecule has 12 heteroatoms. The number of nitrogens with zero attached hydrogens (tertiary/aromatic N) is 3. The molecule has 0 radical (unpaired) electrons. The quantitative estimate of drug-likeness (QED) is 0.702. The highest BCUT2D eigenvalue weighted by Gasteiger charge is 2.32. The van der Waals surface area contributed by atoms with Crippen molar-refractivity contribution in [2.75, 3.05) is 24.5 Å². The molecule has 0 spiro atoms. The van der Waals surface area contributed by atoms with Crippen LogP contribution < -0.4 is 14.9 Å². The molecule has 0 aliphatic carbocycles. The largest absolute Gasteiger partial charge is 0.416 e. The lowest BCUT2D eigenvalue weighted by Crippen LogP contribution is -2.50. The first-order valence-corrected chi connectivity index (χ1v) is 10.6. The molecule has 30 heavy (non-hydrogen) atoms. The highest BCUT2D eigenvalue weighted by Crippen LogP contribution is 2.30. The van der Waals surface area contributed by atoms with Crippen LogP contribution in [-0.2, 0) is 21.0 Å². The topological polar surface area (TPSA) is 104 Å². The number of aromatic nitrogens is 2. The minimum absolute atomic E-state index is 0.229. The number of anilines is 1. The first-order valence-electron chi connectivity index (χ1n) is 9.13. The van der Waals surface area contributed by atoms with Gasteiger partial charge in [0.25, 0.3) is 0 Å². The van der Waals surface area contributed by atoms with Gasteiger partial charge in [0, 0.05) is 31.5 Å². The summed E-state index contributed by atoms with van der Waals surface area (Å²) in [7, 11) is -4.27. The van der Waals surface area contributed by atoms with E-state index in [1.165, 1.54) is 0 Å². The predicted octanol–water partition coefficient (Wildman–Crippen LogP) is 1.56. The fourth-order valence-corrected chi connectivity index (χ4v) is 4.12. The van der Waals surface area contributed by atoms with Gasteiger partial charge in [-0.2, -0.15) is 13.2 Å². The lowest BCUT2D eigenvalue weighted by molar-refractivity contribution is -0.137. The standard InChI is InChI=1S/C18H20F3N5O3S/c19-18(20,21)13-4-1-6-15(10-13)30(28,29)24-11-16(27)25-14-5-2-9-26(12-14)17-22-7-3-8-23-17/h1,3-4,6-8,10,14,24H,2,5,9,11-12H2,(H,25,27). The van der Waals surface area contributed by atoms with Crippen LogP contribution in [0.25, 0.3) is 0 Å². The van der Waals surface area contributed by atoms with Gasteiger partial charge in [-0.15, -0.1) is 0 Å². The van der Waals surface area contributed by atoms with E-state index in [1.54, 1.807) is 18.5 Å². The maximum Gasteiger partial charge on any atom is 0.416 e. The van der Waals surface area contributed by atoms with Gasteiger partial charge in [-0.05, 0) is 37.1 Å². The van der Waals surface area contributed by atoms with Gasteiger partial charge in [0.15, 0.2) is 0 Å². The Labute approximate surface area is 171 Å². The molecule has 1 saturated heterocycles. The molecule has 2 N–H and O–H groups in total.